The lowest BCUT2D eigenvalue weighted by Crippen LogP contribution is -2.02. The van der Waals surface area contributed by atoms with Crippen LogP contribution in [0.1, 0.15) is 22.8 Å². The maximum atomic E-state index is 11.9. The lowest BCUT2D eigenvalue weighted by molar-refractivity contribution is 0.101. The Morgan fingerprint density at radius 2 is 1.60 bits per heavy atom. The summed E-state index contributed by atoms with van der Waals surface area (Å²) in [5.41, 5.74) is 3.55. The van der Waals surface area contributed by atoms with Crippen LogP contribution in [0.25, 0.3) is 11.1 Å². The van der Waals surface area contributed by atoms with Crippen LogP contribution in [0, 0.1) is 0 Å². The van der Waals surface area contributed by atoms with Gasteiger partial charge >= 0.3 is 0 Å². The van der Waals surface area contributed by atoms with Crippen molar-refractivity contribution in [1.29, 1.82) is 0 Å². The van der Waals surface area contributed by atoms with E-state index in [2.05, 4.69) is 0 Å². The van der Waals surface area contributed by atoms with Gasteiger partial charge in [0.05, 0.1) is 12.7 Å². The molecule has 0 heterocycles. The zero-order chi connectivity index (χ0) is 17.6. The summed E-state index contributed by atoms with van der Waals surface area (Å²) in [7, 11) is 1.65. The molecule has 0 unspecified atom stereocenters. The summed E-state index contributed by atoms with van der Waals surface area (Å²) in [6, 6.07) is 23.3. The van der Waals surface area contributed by atoms with E-state index in [0.29, 0.717) is 17.9 Å². The standard InChI is InChI=1S/C22H20O3/c1-16(23)19-13-12-18(20-10-6-7-11-21(20)24-2)14-22(19)25-15-17-8-4-3-5-9-17/h3-14H,15H2,1-2H3. The van der Waals surface area contributed by atoms with Crippen LogP contribution in [0.2, 0.25) is 0 Å². The molecule has 0 radical (unpaired) electrons. The van der Waals surface area contributed by atoms with E-state index in [4.69, 9.17) is 9.47 Å². The largest absolute Gasteiger partial charge is 0.496 e. The van der Waals surface area contributed by atoms with Gasteiger partial charge in [-0.05, 0) is 36.2 Å². The van der Waals surface area contributed by atoms with Crippen molar-refractivity contribution in [2.24, 2.45) is 0 Å². The Morgan fingerprint density at radius 3 is 2.32 bits per heavy atom. The van der Waals surface area contributed by atoms with Crippen LogP contribution >= 0.6 is 0 Å². The van der Waals surface area contributed by atoms with Gasteiger partial charge in [-0.3, -0.25) is 4.79 Å². The number of hydrogen-bond acceptors (Lipinski definition) is 3. The Bertz CT molecular complexity index is 869. The normalized spacial score (nSPS) is 10.3. The fourth-order valence-electron chi connectivity index (χ4n) is 2.72. The van der Waals surface area contributed by atoms with Gasteiger partial charge < -0.3 is 9.47 Å². The third-order valence-electron chi connectivity index (χ3n) is 4.02. The van der Waals surface area contributed by atoms with Crippen LogP contribution in [0.15, 0.2) is 72.8 Å². The Hall–Kier alpha value is -3.07. The summed E-state index contributed by atoms with van der Waals surface area (Å²) in [5, 5.41) is 0. The highest BCUT2D eigenvalue weighted by Crippen LogP contribution is 2.33. The Kier molecular flexibility index (Phi) is 5.14. The van der Waals surface area contributed by atoms with Crippen LogP contribution in [0.4, 0.5) is 0 Å². The van der Waals surface area contributed by atoms with Crippen molar-refractivity contribution >= 4 is 5.78 Å². The number of rotatable bonds is 6. The van der Waals surface area contributed by atoms with E-state index in [-0.39, 0.29) is 5.78 Å². The van der Waals surface area contributed by atoms with Crippen LogP contribution in [-0.4, -0.2) is 12.9 Å². The van der Waals surface area contributed by atoms with Crippen LogP contribution in [-0.2, 0) is 6.61 Å². The lowest BCUT2D eigenvalue weighted by Gasteiger charge is -2.14. The average molecular weight is 332 g/mol. The molecule has 0 saturated heterocycles. The third kappa shape index (κ3) is 3.89. The van der Waals surface area contributed by atoms with Crippen LogP contribution in [0.3, 0.4) is 0 Å². The maximum Gasteiger partial charge on any atom is 0.163 e. The fraction of sp³-hybridized carbons (Fsp3) is 0.136. The first-order valence-corrected chi connectivity index (χ1v) is 8.14. The molecule has 3 heteroatoms. The van der Waals surface area contributed by atoms with E-state index in [1.165, 1.54) is 0 Å². The summed E-state index contributed by atoms with van der Waals surface area (Å²) in [6.07, 6.45) is 0. The molecule has 0 atom stereocenters. The Morgan fingerprint density at radius 1 is 0.880 bits per heavy atom. The summed E-state index contributed by atoms with van der Waals surface area (Å²) in [5.74, 6) is 1.35. The molecule has 0 saturated carbocycles. The molecule has 0 aliphatic heterocycles. The minimum absolute atomic E-state index is 0.0189. The van der Waals surface area contributed by atoms with Gasteiger partial charge in [0.2, 0.25) is 0 Å². The van der Waals surface area contributed by atoms with Crippen LogP contribution in [0.5, 0.6) is 11.5 Å². The number of ether oxygens (including phenoxy) is 2. The summed E-state index contributed by atoms with van der Waals surface area (Å²) in [6.45, 7) is 1.96. The minimum Gasteiger partial charge on any atom is -0.496 e. The Labute approximate surface area is 147 Å². The van der Waals surface area contributed by atoms with Gasteiger partial charge in [-0.1, -0.05) is 54.6 Å². The topological polar surface area (TPSA) is 35.5 Å². The highest BCUT2D eigenvalue weighted by Gasteiger charge is 2.13. The number of carbonyl (C=O) groups excluding carboxylic acids is 1. The van der Waals surface area contributed by atoms with Crippen molar-refractivity contribution in [1.82, 2.24) is 0 Å². The van der Waals surface area contributed by atoms with Crippen molar-refractivity contribution in [2.45, 2.75) is 13.5 Å². The highest BCUT2D eigenvalue weighted by molar-refractivity contribution is 5.97. The molecule has 0 aromatic heterocycles. The second-order valence-electron chi connectivity index (χ2n) is 5.74. The molecule has 3 aromatic carbocycles. The fourth-order valence-corrected chi connectivity index (χ4v) is 2.72. The van der Waals surface area contributed by atoms with Gasteiger partial charge in [-0.2, -0.15) is 0 Å². The molecule has 0 aliphatic rings. The quantitative estimate of drug-likeness (QED) is 0.586. The van der Waals surface area contributed by atoms with Gasteiger partial charge in [0.1, 0.15) is 18.1 Å². The number of hydrogen-bond donors (Lipinski definition) is 0. The van der Waals surface area contributed by atoms with Crippen molar-refractivity contribution < 1.29 is 14.3 Å². The number of Topliss-reactive ketones (excluding diaryl/α,β-unsaturated/α-hetero) is 1. The van der Waals surface area contributed by atoms with E-state index in [1.807, 2.05) is 72.8 Å². The van der Waals surface area contributed by atoms with Gasteiger partial charge in [0.15, 0.2) is 5.78 Å². The molecule has 3 rings (SSSR count). The first-order valence-electron chi connectivity index (χ1n) is 8.14. The number of methoxy groups -OCH3 is 1. The van der Waals surface area contributed by atoms with E-state index >= 15 is 0 Å². The Balaban J connectivity index is 1.96. The average Bonchev–Trinajstić information content (AvgIpc) is 2.66. The van der Waals surface area contributed by atoms with Crippen molar-refractivity contribution in [2.75, 3.05) is 7.11 Å². The molecule has 3 nitrogen and oxygen atoms in total. The monoisotopic (exact) mass is 332 g/mol. The van der Waals surface area contributed by atoms with Crippen molar-refractivity contribution in [3.8, 4) is 22.6 Å². The molecule has 3 aromatic rings. The van der Waals surface area contributed by atoms with Gasteiger partial charge in [0.25, 0.3) is 0 Å². The number of carbonyl (C=O) groups is 1. The molecule has 25 heavy (non-hydrogen) atoms. The second kappa shape index (κ2) is 7.67. The predicted molar refractivity (Wildman–Crippen MR) is 99.2 cm³/mol. The lowest BCUT2D eigenvalue weighted by atomic mass is 10.0. The zero-order valence-electron chi connectivity index (χ0n) is 14.4. The third-order valence-corrected chi connectivity index (χ3v) is 4.02. The first-order chi connectivity index (χ1) is 12.2. The van der Waals surface area contributed by atoms with Gasteiger partial charge in [-0.25, -0.2) is 0 Å². The summed E-state index contributed by atoms with van der Waals surface area (Å²) in [4.78, 5) is 11.9. The number of ketones is 1. The smallest absolute Gasteiger partial charge is 0.163 e. The molecule has 0 spiro atoms. The molecule has 0 N–H and O–H groups in total. The molecule has 0 amide bonds. The number of benzene rings is 3. The molecular weight excluding hydrogens is 312 g/mol. The molecule has 0 aliphatic carbocycles. The summed E-state index contributed by atoms with van der Waals surface area (Å²) < 4.78 is 11.4. The first kappa shape index (κ1) is 16.8. The summed E-state index contributed by atoms with van der Waals surface area (Å²) >= 11 is 0. The molecule has 0 fully saturated rings. The highest BCUT2D eigenvalue weighted by atomic mass is 16.5. The van der Waals surface area contributed by atoms with E-state index < -0.39 is 0 Å². The second-order valence-corrected chi connectivity index (χ2v) is 5.74. The number of para-hydroxylation sites is 1. The minimum atomic E-state index is -0.0189. The van der Waals surface area contributed by atoms with E-state index in [1.54, 1.807) is 14.0 Å². The van der Waals surface area contributed by atoms with E-state index in [0.717, 1.165) is 22.4 Å². The maximum absolute atomic E-state index is 11.9. The predicted octanol–water partition coefficient (Wildman–Crippen LogP) is 5.14. The van der Waals surface area contributed by atoms with Crippen molar-refractivity contribution in [3.05, 3.63) is 83.9 Å². The molecule has 0 bridgehead atoms. The van der Waals surface area contributed by atoms with Crippen LogP contribution < -0.4 is 9.47 Å². The SMILES string of the molecule is COc1ccccc1-c1ccc(C(C)=O)c(OCc2ccccc2)c1. The molecular formula is C22H20O3. The van der Waals surface area contributed by atoms with Gasteiger partial charge in [-0.15, -0.1) is 0 Å². The molecule has 126 valence electrons. The van der Waals surface area contributed by atoms with Crippen molar-refractivity contribution in [3.63, 3.8) is 0 Å². The van der Waals surface area contributed by atoms with Gasteiger partial charge in [0, 0.05) is 5.56 Å². The van der Waals surface area contributed by atoms with E-state index in [9.17, 15) is 4.79 Å². The zero-order valence-corrected chi connectivity index (χ0v) is 14.4.